The largest absolute Gasteiger partial charge is 0.302 e. The van der Waals surface area contributed by atoms with Gasteiger partial charge >= 0.3 is 0 Å². The number of hydrogen-bond acceptors (Lipinski definition) is 1. The number of hydrogen-bond donors (Lipinski definition) is 0. The average Bonchev–Trinajstić information content (AvgIpc) is 2.29. The van der Waals surface area contributed by atoms with Crippen molar-refractivity contribution in [3.8, 4) is 0 Å². The van der Waals surface area contributed by atoms with Crippen molar-refractivity contribution in [1.29, 1.82) is 0 Å². The summed E-state index contributed by atoms with van der Waals surface area (Å²) in [6, 6.07) is 12.4. The van der Waals surface area contributed by atoms with Gasteiger partial charge in [0.1, 0.15) is 6.29 Å². The SMILES string of the molecule is O=CC1(c2cccc3cccc(Br)c23)CCC1. The van der Waals surface area contributed by atoms with Crippen molar-refractivity contribution in [1.82, 2.24) is 0 Å². The van der Waals surface area contributed by atoms with Crippen molar-refractivity contribution < 1.29 is 4.79 Å². The minimum absolute atomic E-state index is 0.233. The zero-order chi connectivity index (χ0) is 11.9. The summed E-state index contributed by atoms with van der Waals surface area (Å²) >= 11 is 3.61. The van der Waals surface area contributed by atoms with Crippen molar-refractivity contribution in [2.45, 2.75) is 24.7 Å². The van der Waals surface area contributed by atoms with Crippen LogP contribution in [0.1, 0.15) is 24.8 Å². The molecule has 0 amide bonds. The van der Waals surface area contributed by atoms with E-state index in [2.05, 4.69) is 34.1 Å². The van der Waals surface area contributed by atoms with Crippen LogP contribution < -0.4 is 0 Å². The number of fused-ring (bicyclic) bond motifs is 1. The fraction of sp³-hybridized carbons (Fsp3) is 0.267. The Balaban J connectivity index is 2.33. The van der Waals surface area contributed by atoms with Gasteiger partial charge in [0.05, 0.1) is 5.41 Å². The molecule has 1 nitrogen and oxygen atoms in total. The van der Waals surface area contributed by atoms with Crippen molar-refractivity contribution in [3.05, 3.63) is 46.4 Å². The zero-order valence-corrected chi connectivity index (χ0v) is 11.0. The normalized spacial score (nSPS) is 17.7. The maximum Gasteiger partial charge on any atom is 0.130 e. The maximum atomic E-state index is 11.4. The Bertz CT molecular complexity index is 579. The molecule has 0 aliphatic heterocycles. The number of carbonyl (C=O) groups excluding carboxylic acids is 1. The van der Waals surface area contributed by atoms with Crippen LogP contribution in [0.5, 0.6) is 0 Å². The van der Waals surface area contributed by atoms with E-state index in [-0.39, 0.29) is 5.41 Å². The van der Waals surface area contributed by atoms with Crippen LogP contribution >= 0.6 is 15.9 Å². The molecule has 2 aromatic carbocycles. The Morgan fingerprint density at radius 2 is 1.82 bits per heavy atom. The lowest BCUT2D eigenvalue weighted by Gasteiger charge is -2.38. The van der Waals surface area contributed by atoms with Gasteiger partial charge in [-0.05, 0) is 29.9 Å². The topological polar surface area (TPSA) is 17.1 Å². The van der Waals surface area contributed by atoms with E-state index >= 15 is 0 Å². The smallest absolute Gasteiger partial charge is 0.130 e. The van der Waals surface area contributed by atoms with Crippen molar-refractivity contribution in [2.24, 2.45) is 0 Å². The molecule has 17 heavy (non-hydrogen) atoms. The first-order valence-electron chi connectivity index (χ1n) is 5.91. The van der Waals surface area contributed by atoms with Gasteiger partial charge in [-0.3, -0.25) is 0 Å². The van der Waals surface area contributed by atoms with Gasteiger partial charge in [-0.15, -0.1) is 0 Å². The molecule has 0 radical (unpaired) electrons. The van der Waals surface area contributed by atoms with Crippen LogP contribution in [0.4, 0.5) is 0 Å². The third-order valence-corrected chi connectivity index (χ3v) is 4.52. The monoisotopic (exact) mass is 288 g/mol. The van der Waals surface area contributed by atoms with E-state index in [9.17, 15) is 4.79 Å². The first-order valence-corrected chi connectivity index (χ1v) is 6.70. The van der Waals surface area contributed by atoms with Crippen molar-refractivity contribution in [3.63, 3.8) is 0 Å². The third kappa shape index (κ3) is 1.54. The van der Waals surface area contributed by atoms with Crippen LogP contribution in [0.25, 0.3) is 10.8 Å². The van der Waals surface area contributed by atoms with Crippen LogP contribution in [-0.4, -0.2) is 6.29 Å². The molecule has 0 bridgehead atoms. The molecule has 1 fully saturated rings. The van der Waals surface area contributed by atoms with Gasteiger partial charge in [0, 0.05) is 9.86 Å². The first kappa shape index (κ1) is 11.0. The number of benzene rings is 2. The summed E-state index contributed by atoms with van der Waals surface area (Å²) in [5.74, 6) is 0. The highest BCUT2D eigenvalue weighted by molar-refractivity contribution is 9.10. The summed E-state index contributed by atoms with van der Waals surface area (Å²) in [4.78, 5) is 11.4. The fourth-order valence-corrected chi connectivity index (χ4v) is 3.31. The highest BCUT2D eigenvalue weighted by Crippen LogP contribution is 2.45. The third-order valence-electron chi connectivity index (χ3n) is 3.86. The van der Waals surface area contributed by atoms with Crippen LogP contribution in [-0.2, 0) is 10.2 Å². The molecular formula is C15H13BrO. The van der Waals surface area contributed by atoms with Gasteiger partial charge in [0.15, 0.2) is 0 Å². The minimum Gasteiger partial charge on any atom is -0.302 e. The van der Waals surface area contributed by atoms with Crippen LogP contribution in [0.3, 0.4) is 0 Å². The standard InChI is InChI=1S/C15H13BrO/c16-13-7-2-5-11-4-1-6-12(14(11)13)15(10-17)8-3-9-15/h1-2,4-7,10H,3,8-9H2. The van der Waals surface area contributed by atoms with Gasteiger partial charge in [-0.2, -0.15) is 0 Å². The van der Waals surface area contributed by atoms with Crippen molar-refractivity contribution in [2.75, 3.05) is 0 Å². The maximum absolute atomic E-state index is 11.4. The Labute approximate surface area is 109 Å². The molecule has 0 atom stereocenters. The van der Waals surface area contributed by atoms with Gasteiger partial charge < -0.3 is 4.79 Å². The Morgan fingerprint density at radius 1 is 1.12 bits per heavy atom. The van der Waals surface area contributed by atoms with E-state index in [0.717, 1.165) is 30.0 Å². The number of carbonyl (C=O) groups is 1. The highest BCUT2D eigenvalue weighted by Gasteiger charge is 2.39. The zero-order valence-electron chi connectivity index (χ0n) is 9.45. The van der Waals surface area contributed by atoms with Gasteiger partial charge in [-0.1, -0.05) is 52.7 Å². The molecule has 0 unspecified atom stereocenters. The molecule has 0 spiro atoms. The van der Waals surface area contributed by atoms with E-state index in [1.165, 1.54) is 16.3 Å². The molecule has 1 aliphatic carbocycles. The second-order valence-electron chi connectivity index (χ2n) is 4.77. The fourth-order valence-electron chi connectivity index (χ4n) is 2.72. The summed E-state index contributed by atoms with van der Waals surface area (Å²) in [5.41, 5.74) is 0.951. The Hall–Kier alpha value is -1.15. The average molecular weight is 289 g/mol. The molecule has 1 aliphatic rings. The summed E-state index contributed by atoms with van der Waals surface area (Å²) in [5, 5.41) is 2.40. The van der Waals surface area contributed by atoms with E-state index in [1.807, 2.05) is 18.2 Å². The summed E-state index contributed by atoms with van der Waals surface area (Å²) in [6.45, 7) is 0. The van der Waals surface area contributed by atoms with Crippen LogP contribution in [0.15, 0.2) is 40.9 Å². The molecule has 0 N–H and O–H groups in total. The van der Waals surface area contributed by atoms with E-state index in [0.29, 0.717) is 0 Å². The second-order valence-corrected chi connectivity index (χ2v) is 5.63. The van der Waals surface area contributed by atoms with E-state index in [4.69, 9.17) is 0 Å². The number of halogens is 1. The molecule has 2 heteroatoms. The molecule has 0 saturated heterocycles. The van der Waals surface area contributed by atoms with E-state index in [1.54, 1.807) is 0 Å². The van der Waals surface area contributed by atoms with Crippen molar-refractivity contribution >= 4 is 33.0 Å². The van der Waals surface area contributed by atoms with Gasteiger partial charge in [0.2, 0.25) is 0 Å². The minimum atomic E-state index is -0.233. The number of aldehydes is 1. The molecule has 3 rings (SSSR count). The van der Waals surface area contributed by atoms with Crippen LogP contribution in [0, 0.1) is 0 Å². The molecule has 1 saturated carbocycles. The molecule has 2 aromatic rings. The molecule has 86 valence electrons. The highest BCUT2D eigenvalue weighted by atomic mass is 79.9. The Kier molecular flexibility index (Phi) is 2.55. The lowest BCUT2D eigenvalue weighted by molar-refractivity contribution is -0.115. The predicted molar refractivity (Wildman–Crippen MR) is 73.2 cm³/mol. The first-order chi connectivity index (χ1) is 8.27. The van der Waals surface area contributed by atoms with Crippen LogP contribution in [0.2, 0.25) is 0 Å². The second kappa shape index (κ2) is 3.95. The Morgan fingerprint density at radius 3 is 2.41 bits per heavy atom. The molecule has 0 heterocycles. The molecule has 0 aromatic heterocycles. The quantitative estimate of drug-likeness (QED) is 0.756. The summed E-state index contributed by atoms with van der Waals surface area (Å²) in [6.07, 6.45) is 4.26. The molecular weight excluding hydrogens is 276 g/mol. The predicted octanol–water partition coefficient (Wildman–Crippen LogP) is 4.22. The summed E-state index contributed by atoms with van der Waals surface area (Å²) < 4.78 is 1.08. The summed E-state index contributed by atoms with van der Waals surface area (Å²) in [7, 11) is 0. The van der Waals surface area contributed by atoms with E-state index < -0.39 is 0 Å². The number of rotatable bonds is 2. The lowest BCUT2D eigenvalue weighted by atomic mass is 9.64. The lowest BCUT2D eigenvalue weighted by Crippen LogP contribution is -2.35. The van der Waals surface area contributed by atoms with Gasteiger partial charge in [0.25, 0.3) is 0 Å². The van der Waals surface area contributed by atoms with Gasteiger partial charge in [-0.25, -0.2) is 0 Å².